The second-order valence-corrected chi connectivity index (χ2v) is 6.80. The zero-order chi connectivity index (χ0) is 19.4. The molecule has 0 saturated carbocycles. The maximum absolute atomic E-state index is 12.4. The molecule has 27 heavy (non-hydrogen) atoms. The SMILES string of the molecule is COc1cc(Cl)c(C)cc1NC(=O)CN1CCN(C(=O)c2ccco2)CC1. The molecule has 8 heteroatoms. The number of aryl methyl sites for hydroxylation is 1. The molecule has 1 fully saturated rings. The quantitative estimate of drug-likeness (QED) is 0.848. The topological polar surface area (TPSA) is 75.0 Å². The lowest BCUT2D eigenvalue weighted by Gasteiger charge is -2.33. The van der Waals surface area contributed by atoms with Crippen molar-refractivity contribution in [2.24, 2.45) is 0 Å². The fourth-order valence-electron chi connectivity index (χ4n) is 2.99. The highest BCUT2D eigenvalue weighted by Crippen LogP contribution is 2.30. The zero-order valence-electron chi connectivity index (χ0n) is 15.3. The lowest BCUT2D eigenvalue weighted by atomic mass is 10.2. The summed E-state index contributed by atoms with van der Waals surface area (Å²) in [4.78, 5) is 28.4. The molecular formula is C19H22ClN3O4. The molecule has 0 radical (unpaired) electrons. The molecule has 2 amide bonds. The largest absolute Gasteiger partial charge is 0.495 e. The summed E-state index contributed by atoms with van der Waals surface area (Å²) < 4.78 is 10.4. The number of anilines is 1. The van der Waals surface area contributed by atoms with Crippen molar-refractivity contribution in [3.05, 3.63) is 46.9 Å². The fraction of sp³-hybridized carbons (Fsp3) is 0.368. The van der Waals surface area contributed by atoms with Crippen molar-refractivity contribution in [3.8, 4) is 5.75 Å². The number of furan rings is 1. The van der Waals surface area contributed by atoms with E-state index in [1.54, 1.807) is 29.2 Å². The van der Waals surface area contributed by atoms with Gasteiger partial charge in [-0.25, -0.2) is 0 Å². The molecule has 0 spiro atoms. The first-order chi connectivity index (χ1) is 13.0. The van der Waals surface area contributed by atoms with Crippen LogP contribution in [-0.4, -0.2) is 61.4 Å². The number of carbonyl (C=O) groups excluding carboxylic acids is 2. The number of nitrogens with one attached hydrogen (secondary N) is 1. The molecule has 0 unspecified atom stereocenters. The van der Waals surface area contributed by atoms with Crippen molar-refractivity contribution in [3.63, 3.8) is 0 Å². The molecule has 3 rings (SSSR count). The van der Waals surface area contributed by atoms with Crippen molar-refractivity contribution >= 4 is 29.1 Å². The monoisotopic (exact) mass is 391 g/mol. The maximum Gasteiger partial charge on any atom is 0.289 e. The normalized spacial score (nSPS) is 14.9. The molecular weight excluding hydrogens is 370 g/mol. The molecule has 7 nitrogen and oxygen atoms in total. The number of ether oxygens (including phenoxy) is 1. The third kappa shape index (κ3) is 4.61. The number of piperazine rings is 1. The lowest BCUT2D eigenvalue weighted by molar-refractivity contribution is -0.117. The van der Waals surface area contributed by atoms with E-state index in [4.69, 9.17) is 20.8 Å². The van der Waals surface area contributed by atoms with Gasteiger partial charge >= 0.3 is 0 Å². The summed E-state index contributed by atoms with van der Waals surface area (Å²) in [7, 11) is 1.53. The van der Waals surface area contributed by atoms with Crippen LogP contribution in [0.4, 0.5) is 5.69 Å². The summed E-state index contributed by atoms with van der Waals surface area (Å²) in [6.07, 6.45) is 1.49. The van der Waals surface area contributed by atoms with Crippen LogP contribution in [0, 0.1) is 6.92 Å². The van der Waals surface area contributed by atoms with Crippen molar-refractivity contribution < 1.29 is 18.7 Å². The lowest BCUT2D eigenvalue weighted by Crippen LogP contribution is -2.50. The summed E-state index contributed by atoms with van der Waals surface area (Å²) in [5.41, 5.74) is 1.45. The Labute approximate surface area is 162 Å². The molecule has 2 aromatic rings. The van der Waals surface area contributed by atoms with E-state index in [-0.39, 0.29) is 18.4 Å². The number of carbonyl (C=O) groups is 2. The number of nitrogens with zero attached hydrogens (tertiary/aromatic N) is 2. The third-order valence-electron chi connectivity index (χ3n) is 4.51. The van der Waals surface area contributed by atoms with E-state index in [1.165, 1.54) is 13.4 Å². The summed E-state index contributed by atoms with van der Waals surface area (Å²) in [6, 6.07) is 6.83. The average Bonchev–Trinajstić information content (AvgIpc) is 3.19. The number of rotatable bonds is 5. The van der Waals surface area contributed by atoms with E-state index in [1.807, 2.05) is 11.8 Å². The highest BCUT2D eigenvalue weighted by atomic mass is 35.5. The Kier molecular flexibility index (Phi) is 6.03. The second kappa shape index (κ2) is 8.45. The van der Waals surface area contributed by atoms with Crippen LogP contribution in [0.3, 0.4) is 0 Å². The van der Waals surface area contributed by atoms with Crippen LogP contribution in [0.2, 0.25) is 5.02 Å². The minimum atomic E-state index is -0.138. The summed E-state index contributed by atoms with van der Waals surface area (Å²) in [6.45, 7) is 4.46. The van der Waals surface area contributed by atoms with Crippen LogP contribution in [0.5, 0.6) is 5.75 Å². The van der Waals surface area contributed by atoms with Gasteiger partial charge in [0.1, 0.15) is 5.75 Å². The first kappa shape index (κ1) is 19.3. The average molecular weight is 392 g/mol. The van der Waals surface area contributed by atoms with Crippen molar-refractivity contribution in [2.45, 2.75) is 6.92 Å². The molecule has 0 aliphatic carbocycles. The van der Waals surface area contributed by atoms with Crippen LogP contribution < -0.4 is 10.1 Å². The molecule has 2 heterocycles. The summed E-state index contributed by atoms with van der Waals surface area (Å²) >= 11 is 6.09. The molecule has 1 N–H and O–H groups in total. The van der Waals surface area contributed by atoms with Crippen LogP contribution in [0.15, 0.2) is 34.9 Å². The number of amides is 2. The molecule has 1 aliphatic rings. The first-order valence-corrected chi connectivity index (χ1v) is 9.05. The number of hydrogen-bond acceptors (Lipinski definition) is 5. The predicted molar refractivity (Wildman–Crippen MR) is 102 cm³/mol. The van der Waals surface area contributed by atoms with Gasteiger partial charge in [-0.1, -0.05) is 11.6 Å². The smallest absolute Gasteiger partial charge is 0.289 e. The maximum atomic E-state index is 12.4. The summed E-state index contributed by atoms with van der Waals surface area (Å²) in [5.74, 6) is 0.602. The Morgan fingerprint density at radius 3 is 2.63 bits per heavy atom. The molecule has 1 aliphatic heterocycles. The van der Waals surface area contributed by atoms with E-state index in [0.29, 0.717) is 48.4 Å². The van der Waals surface area contributed by atoms with Gasteiger partial charge in [-0.15, -0.1) is 0 Å². The van der Waals surface area contributed by atoms with Gasteiger partial charge in [0.25, 0.3) is 5.91 Å². The van der Waals surface area contributed by atoms with E-state index >= 15 is 0 Å². The molecule has 0 bridgehead atoms. The number of methoxy groups -OCH3 is 1. The van der Waals surface area contributed by atoms with Gasteiger partial charge in [0, 0.05) is 37.3 Å². The van der Waals surface area contributed by atoms with E-state index < -0.39 is 0 Å². The molecule has 0 atom stereocenters. The van der Waals surface area contributed by atoms with E-state index in [0.717, 1.165) is 5.56 Å². The van der Waals surface area contributed by atoms with E-state index in [9.17, 15) is 9.59 Å². The first-order valence-electron chi connectivity index (χ1n) is 8.67. The standard InChI is InChI=1S/C19H22ClN3O4/c1-13-10-15(17(26-2)11-14(13)20)21-18(24)12-22-5-7-23(8-6-22)19(25)16-4-3-9-27-16/h3-4,9-11H,5-8,12H2,1-2H3,(H,21,24). The Bertz CT molecular complexity index is 815. The number of benzene rings is 1. The van der Waals surface area contributed by atoms with Crippen LogP contribution >= 0.6 is 11.6 Å². The Hall–Kier alpha value is -2.51. The van der Waals surface area contributed by atoms with Crippen LogP contribution in [0.1, 0.15) is 16.1 Å². The van der Waals surface area contributed by atoms with E-state index in [2.05, 4.69) is 5.32 Å². The van der Waals surface area contributed by atoms with Crippen molar-refractivity contribution in [1.29, 1.82) is 0 Å². The van der Waals surface area contributed by atoms with Crippen LogP contribution in [0.25, 0.3) is 0 Å². The zero-order valence-corrected chi connectivity index (χ0v) is 16.1. The number of halogens is 1. The van der Waals surface area contributed by atoms with Gasteiger partial charge in [-0.3, -0.25) is 14.5 Å². The van der Waals surface area contributed by atoms with Gasteiger partial charge in [0.15, 0.2) is 5.76 Å². The Morgan fingerprint density at radius 2 is 2.00 bits per heavy atom. The minimum absolute atomic E-state index is 0.120. The van der Waals surface area contributed by atoms with Gasteiger partial charge < -0.3 is 19.4 Å². The van der Waals surface area contributed by atoms with Gasteiger partial charge in [0.2, 0.25) is 5.91 Å². The minimum Gasteiger partial charge on any atom is -0.495 e. The molecule has 144 valence electrons. The van der Waals surface area contributed by atoms with Gasteiger partial charge in [-0.05, 0) is 30.7 Å². The predicted octanol–water partition coefficient (Wildman–Crippen LogP) is 2.65. The van der Waals surface area contributed by atoms with Gasteiger partial charge in [-0.2, -0.15) is 0 Å². The summed E-state index contributed by atoms with van der Waals surface area (Å²) in [5, 5.41) is 3.46. The highest BCUT2D eigenvalue weighted by molar-refractivity contribution is 6.31. The second-order valence-electron chi connectivity index (χ2n) is 6.40. The van der Waals surface area contributed by atoms with Gasteiger partial charge in [0.05, 0.1) is 25.6 Å². The Balaban J connectivity index is 1.53. The Morgan fingerprint density at radius 1 is 1.26 bits per heavy atom. The van der Waals surface area contributed by atoms with Crippen molar-refractivity contribution in [1.82, 2.24) is 9.80 Å². The molecule has 1 aromatic carbocycles. The number of hydrogen-bond donors (Lipinski definition) is 1. The molecule has 1 aromatic heterocycles. The fourth-order valence-corrected chi connectivity index (χ4v) is 3.14. The molecule has 1 saturated heterocycles. The van der Waals surface area contributed by atoms with Crippen LogP contribution in [-0.2, 0) is 4.79 Å². The highest BCUT2D eigenvalue weighted by Gasteiger charge is 2.24. The van der Waals surface area contributed by atoms with Crippen molar-refractivity contribution in [2.75, 3.05) is 45.2 Å². The third-order valence-corrected chi connectivity index (χ3v) is 4.92.